The Labute approximate surface area is 52.7 Å². The van der Waals surface area contributed by atoms with E-state index in [1.54, 1.807) is 20.8 Å². The van der Waals surface area contributed by atoms with Crippen LogP contribution in [0.15, 0.2) is 0 Å². The van der Waals surface area contributed by atoms with E-state index in [0.29, 0.717) is 0 Å². The standard InChI is InChI=1S/C5H9FO3/c1-5(2,3)8-4(7)9-6/h1-3H3. The Hall–Kier alpha value is -0.800. The van der Waals surface area contributed by atoms with E-state index in [4.69, 9.17) is 0 Å². The molecule has 4 heteroatoms. The lowest BCUT2D eigenvalue weighted by atomic mass is 10.2. The van der Waals surface area contributed by atoms with Gasteiger partial charge in [0, 0.05) is 4.53 Å². The lowest BCUT2D eigenvalue weighted by Gasteiger charge is -2.16. The molecule has 0 heterocycles. The highest BCUT2D eigenvalue weighted by Crippen LogP contribution is 2.07. The van der Waals surface area contributed by atoms with Crippen molar-refractivity contribution in [3.8, 4) is 0 Å². The maximum absolute atomic E-state index is 10.9. The van der Waals surface area contributed by atoms with E-state index in [9.17, 15) is 9.32 Å². The Morgan fingerprint density at radius 2 is 1.89 bits per heavy atom. The normalized spacial score (nSPS) is 10.7. The van der Waals surface area contributed by atoms with Gasteiger partial charge in [0.25, 0.3) is 0 Å². The summed E-state index contributed by atoms with van der Waals surface area (Å²) in [5.41, 5.74) is -0.691. The van der Waals surface area contributed by atoms with Gasteiger partial charge in [-0.1, -0.05) is 0 Å². The van der Waals surface area contributed by atoms with E-state index in [1.165, 1.54) is 0 Å². The molecule has 0 radical (unpaired) electrons. The number of carbonyl (C=O) groups is 1. The quantitative estimate of drug-likeness (QED) is 0.476. The summed E-state index contributed by atoms with van der Waals surface area (Å²) in [6, 6.07) is 0. The number of hydrogen-bond acceptors (Lipinski definition) is 3. The number of hydrogen-bond donors (Lipinski definition) is 0. The molecule has 0 aromatic heterocycles. The zero-order chi connectivity index (χ0) is 7.49. The fourth-order valence-electron chi connectivity index (χ4n) is 0.266. The predicted octanol–water partition coefficient (Wildman–Crippen LogP) is 1.82. The van der Waals surface area contributed by atoms with Gasteiger partial charge < -0.3 is 4.74 Å². The lowest BCUT2D eigenvalue weighted by Crippen LogP contribution is -2.22. The van der Waals surface area contributed by atoms with Crippen molar-refractivity contribution < 1.29 is 19.0 Å². The van der Waals surface area contributed by atoms with Crippen molar-refractivity contribution >= 4 is 6.16 Å². The van der Waals surface area contributed by atoms with Crippen LogP contribution in [0.3, 0.4) is 0 Å². The zero-order valence-corrected chi connectivity index (χ0v) is 5.60. The third kappa shape index (κ3) is 5.06. The highest BCUT2D eigenvalue weighted by Gasteiger charge is 2.17. The van der Waals surface area contributed by atoms with Crippen molar-refractivity contribution in [3.63, 3.8) is 0 Å². The molecule has 0 N–H and O–H groups in total. The Morgan fingerprint density at radius 1 is 1.44 bits per heavy atom. The van der Waals surface area contributed by atoms with Crippen LogP contribution in [0.2, 0.25) is 0 Å². The van der Waals surface area contributed by atoms with Crippen LogP contribution in [0.5, 0.6) is 0 Å². The molecular formula is C5H9FO3. The van der Waals surface area contributed by atoms with Gasteiger partial charge in [-0.25, -0.2) is 9.74 Å². The van der Waals surface area contributed by atoms with Crippen molar-refractivity contribution in [2.75, 3.05) is 0 Å². The van der Waals surface area contributed by atoms with Crippen LogP contribution in [0, 0.1) is 0 Å². The van der Waals surface area contributed by atoms with Crippen molar-refractivity contribution in [1.29, 1.82) is 0 Å². The third-order valence-electron chi connectivity index (χ3n) is 0.453. The van der Waals surface area contributed by atoms with Crippen LogP contribution in [-0.2, 0) is 9.68 Å². The largest absolute Gasteiger partial charge is 0.545 e. The maximum Gasteiger partial charge on any atom is 0.545 e. The Balaban J connectivity index is 3.60. The fraction of sp³-hybridized carbons (Fsp3) is 0.800. The van der Waals surface area contributed by atoms with E-state index in [0.717, 1.165) is 0 Å². The molecule has 0 aromatic carbocycles. The summed E-state index contributed by atoms with van der Waals surface area (Å²) in [4.78, 5) is 12.8. The predicted molar refractivity (Wildman–Crippen MR) is 28.4 cm³/mol. The van der Waals surface area contributed by atoms with Gasteiger partial charge in [0.05, 0.1) is 0 Å². The minimum atomic E-state index is -1.30. The van der Waals surface area contributed by atoms with E-state index < -0.39 is 11.8 Å². The summed E-state index contributed by atoms with van der Waals surface area (Å²) in [6.45, 7) is 4.84. The van der Waals surface area contributed by atoms with E-state index >= 15 is 0 Å². The number of ether oxygens (including phenoxy) is 1. The minimum absolute atomic E-state index is 0.691. The van der Waals surface area contributed by atoms with Crippen LogP contribution in [-0.4, -0.2) is 11.8 Å². The zero-order valence-electron chi connectivity index (χ0n) is 5.60. The average Bonchev–Trinajstić information content (AvgIpc) is 1.62. The topological polar surface area (TPSA) is 35.5 Å². The molecule has 0 fully saturated rings. The summed E-state index contributed by atoms with van der Waals surface area (Å²) >= 11 is 0. The second-order valence-corrected chi connectivity index (χ2v) is 2.54. The highest BCUT2D eigenvalue weighted by atomic mass is 19.3. The van der Waals surface area contributed by atoms with Crippen LogP contribution < -0.4 is 0 Å². The first-order valence-electron chi connectivity index (χ1n) is 2.47. The minimum Gasteiger partial charge on any atom is -0.426 e. The smallest absolute Gasteiger partial charge is 0.426 e. The molecule has 0 aliphatic heterocycles. The van der Waals surface area contributed by atoms with E-state index in [2.05, 4.69) is 9.68 Å². The molecule has 0 aliphatic rings. The molecule has 9 heavy (non-hydrogen) atoms. The van der Waals surface area contributed by atoms with Crippen molar-refractivity contribution in [1.82, 2.24) is 0 Å². The van der Waals surface area contributed by atoms with Gasteiger partial charge in [0.2, 0.25) is 0 Å². The summed E-state index contributed by atoms with van der Waals surface area (Å²) < 4.78 is 15.3. The fourth-order valence-corrected chi connectivity index (χ4v) is 0.266. The lowest BCUT2D eigenvalue weighted by molar-refractivity contribution is -0.121. The Morgan fingerprint density at radius 3 is 2.00 bits per heavy atom. The number of rotatable bonds is 0. The Kier molecular flexibility index (Phi) is 2.42. The summed E-state index contributed by atoms with van der Waals surface area (Å²) in [7, 11) is 0. The van der Waals surface area contributed by atoms with E-state index in [-0.39, 0.29) is 0 Å². The molecular weight excluding hydrogens is 127 g/mol. The number of halogens is 1. The van der Waals surface area contributed by atoms with Crippen molar-refractivity contribution in [3.05, 3.63) is 0 Å². The average molecular weight is 136 g/mol. The van der Waals surface area contributed by atoms with Crippen LogP contribution in [0.1, 0.15) is 20.8 Å². The molecule has 0 saturated carbocycles. The number of carbonyl (C=O) groups excluding carboxylic acids is 1. The summed E-state index contributed by atoms with van der Waals surface area (Å²) in [5, 5.41) is 0. The maximum atomic E-state index is 10.9. The molecule has 54 valence electrons. The van der Waals surface area contributed by atoms with Gasteiger partial charge in [-0.05, 0) is 20.8 Å². The van der Waals surface area contributed by atoms with Gasteiger partial charge in [-0.2, -0.15) is 0 Å². The van der Waals surface area contributed by atoms with Crippen LogP contribution in [0.25, 0.3) is 0 Å². The van der Waals surface area contributed by atoms with Gasteiger partial charge in [0.15, 0.2) is 0 Å². The highest BCUT2D eigenvalue weighted by molar-refractivity contribution is 5.59. The molecule has 0 rings (SSSR count). The van der Waals surface area contributed by atoms with Gasteiger partial charge in [0.1, 0.15) is 5.60 Å². The Bertz CT molecular complexity index is 105. The van der Waals surface area contributed by atoms with Gasteiger partial charge in [-0.15, -0.1) is 0 Å². The molecule has 0 saturated heterocycles. The van der Waals surface area contributed by atoms with Crippen molar-refractivity contribution in [2.24, 2.45) is 0 Å². The van der Waals surface area contributed by atoms with Crippen LogP contribution in [0.4, 0.5) is 9.32 Å². The molecule has 0 bridgehead atoms. The van der Waals surface area contributed by atoms with Gasteiger partial charge in [-0.3, -0.25) is 0 Å². The molecule has 0 unspecified atom stereocenters. The first-order valence-corrected chi connectivity index (χ1v) is 2.47. The SMILES string of the molecule is CC(C)(C)OC(=O)OF. The second-order valence-electron chi connectivity index (χ2n) is 2.54. The van der Waals surface area contributed by atoms with Crippen LogP contribution >= 0.6 is 0 Å². The molecule has 0 aromatic rings. The van der Waals surface area contributed by atoms with E-state index in [1.807, 2.05) is 0 Å². The van der Waals surface area contributed by atoms with Gasteiger partial charge >= 0.3 is 6.16 Å². The second kappa shape index (κ2) is 2.66. The third-order valence-corrected chi connectivity index (χ3v) is 0.453. The molecule has 0 aliphatic carbocycles. The molecule has 0 atom stereocenters. The molecule has 0 amide bonds. The monoisotopic (exact) mass is 136 g/mol. The summed E-state index contributed by atoms with van der Waals surface area (Å²) in [5.74, 6) is 0. The first-order chi connectivity index (χ1) is 3.95. The first kappa shape index (κ1) is 8.20. The molecule has 3 nitrogen and oxygen atoms in total. The van der Waals surface area contributed by atoms with Crippen molar-refractivity contribution in [2.45, 2.75) is 26.4 Å². The molecule has 0 spiro atoms. The summed E-state index contributed by atoms with van der Waals surface area (Å²) in [6.07, 6.45) is -1.30.